The average Bonchev–Trinajstić information content (AvgIpc) is 2.31. The summed E-state index contributed by atoms with van der Waals surface area (Å²) in [6, 6.07) is -4.55. The maximum Gasteiger partial charge on any atom is 0.329 e. The molecule has 1 fully saturated rings. The van der Waals surface area contributed by atoms with E-state index in [1.54, 1.807) is 55.5 Å². The number of nitrogens with two attached hydrogens (primary N) is 4. The second kappa shape index (κ2) is 42.0. The van der Waals surface area contributed by atoms with Gasteiger partial charge in [-0.05, 0) is 134 Å². The quantitative estimate of drug-likeness (QED) is 0.0280. The van der Waals surface area contributed by atoms with Gasteiger partial charge < -0.3 is 86.2 Å². The fraction of sp³-hybridized carbons (Fsp3) is 0.714. The largest absolute Gasteiger partial charge is 0.458 e. The molecule has 11 amide bonds. The Kier molecular flexibility index (Phi) is 36.8. The topological polar surface area (TPSA) is 450 Å². The number of carbonyl (C=O) groups excluding carboxylic acids is 12. The minimum Gasteiger partial charge on any atom is -0.458 e. The molecular weight excluding hydrogens is 1170 g/mol. The van der Waals surface area contributed by atoms with E-state index in [9.17, 15) is 57.5 Å². The van der Waals surface area contributed by atoms with Crippen LogP contribution in [0.3, 0.4) is 0 Å². The molecule has 1 aromatic rings. The first-order chi connectivity index (χ1) is 43.2. The molecule has 0 bridgehead atoms. The lowest BCUT2D eigenvalue weighted by Gasteiger charge is -2.32. The van der Waals surface area contributed by atoms with Gasteiger partial charge in [-0.15, -0.1) is 0 Å². The van der Waals surface area contributed by atoms with Gasteiger partial charge in [0.1, 0.15) is 66.5 Å². The Balaban J connectivity index is 2.53. The molecule has 28 heteroatoms. The number of likely N-dealkylation sites (N-methyl/N-ethyl adjacent to an activating group) is 1. The Bertz CT molecular complexity index is 2530. The van der Waals surface area contributed by atoms with Gasteiger partial charge in [-0.3, -0.25) is 52.7 Å². The van der Waals surface area contributed by atoms with Gasteiger partial charge in [-0.1, -0.05) is 111 Å². The molecule has 514 valence electrons. The number of unbranched alkanes of at least 4 members (excludes halogenated alkanes) is 2. The molecule has 0 spiro atoms. The van der Waals surface area contributed by atoms with Crippen molar-refractivity contribution in [2.24, 2.45) is 46.6 Å². The molecule has 0 aliphatic carbocycles. The average molecular weight is 1280 g/mol. The lowest BCUT2D eigenvalue weighted by molar-refractivity contribution is -0.157. The summed E-state index contributed by atoms with van der Waals surface area (Å²) in [4.78, 5) is 168. The lowest BCUT2D eigenvalue weighted by atomic mass is 9.94. The third kappa shape index (κ3) is 26.8. The smallest absolute Gasteiger partial charge is 0.329 e. The SMILES string of the molecule is CC[C@H](C)[C@H](NC(=O)[C@@H](Cc1ccccc1)NC)C(=O)N[C@@H](CCCCN)C(=O)N[C@H](CCC(N)=O)C(=O)N[C@@H](C(=O)N[C@H](C(=O)N[C@@H](CCCCN)C(=O)N[C@H]1C(=O)N[C@@H](C)C(=O)N[C@@H](CCCN)C(=O)N[C@@H]([C@@H](C)CC)C(=O)O[C@H]1C)[C@@H](C)CC)[C@@H](C)CC. The van der Waals surface area contributed by atoms with Crippen LogP contribution in [-0.4, -0.2) is 170 Å². The first-order valence-corrected chi connectivity index (χ1v) is 32.5. The van der Waals surface area contributed by atoms with Crippen LogP contribution in [0.1, 0.15) is 165 Å². The number of hydrogen-bond acceptors (Lipinski definition) is 17. The first kappa shape index (κ1) is 79.8. The molecule has 0 radical (unpaired) electrons. The molecule has 1 aromatic carbocycles. The highest BCUT2D eigenvalue weighted by Crippen LogP contribution is 2.18. The fourth-order valence-electron chi connectivity index (χ4n) is 10.1. The zero-order valence-electron chi connectivity index (χ0n) is 55.5. The molecular formula is C63H109N15O13. The Morgan fingerprint density at radius 1 is 0.527 bits per heavy atom. The molecule has 16 atom stereocenters. The van der Waals surface area contributed by atoms with Crippen LogP contribution in [0.25, 0.3) is 0 Å². The summed E-state index contributed by atoms with van der Waals surface area (Å²) in [7, 11) is 1.64. The van der Waals surface area contributed by atoms with Gasteiger partial charge >= 0.3 is 5.97 Å². The molecule has 0 aromatic heterocycles. The van der Waals surface area contributed by atoms with Crippen LogP contribution in [0.5, 0.6) is 0 Å². The predicted octanol–water partition coefficient (Wildman–Crippen LogP) is -0.923. The highest BCUT2D eigenvalue weighted by Gasteiger charge is 2.41. The van der Waals surface area contributed by atoms with Gasteiger partial charge in [0.05, 0.1) is 6.04 Å². The first-order valence-electron chi connectivity index (χ1n) is 32.5. The van der Waals surface area contributed by atoms with Gasteiger partial charge in [-0.2, -0.15) is 0 Å². The second-order valence-electron chi connectivity index (χ2n) is 24.1. The van der Waals surface area contributed by atoms with Gasteiger partial charge in [0.25, 0.3) is 0 Å². The molecule has 91 heavy (non-hydrogen) atoms. The molecule has 0 unspecified atom stereocenters. The van der Waals surface area contributed by atoms with Crippen LogP contribution in [0, 0.1) is 23.7 Å². The Morgan fingerprint density at radius 3 is 1.45 bits per heavy atom. The van der Waals surface area contributed by atoms with Gasteiger partial charge in [-0.25, -0.2) is 4.79 Å². The van der Waals surface area contributed by atoms with E-state index in [0.717, 1.165) is 5.56 Å². The molecule has 1 heterocycles. The third-order valence-corrected chi connectivity index (χ3v) is 17.0. The van der Waals surface area contributed by atoms with Crippen molar-refractivity contribution in [1.82, 2.24) is 58.5 Å². The monoisotopic (exact) mass is 1280 g/mol. The summed E-state index contributed by atoms with van der Waals surface area (Å²) in [5, 5.41) is 30.1. The number of amides is 11. The van der Waals surface area contributed by atoms with Crippen molar-refractivity contribution in [1.29, 1.82) is 0 Å². The van der Waals surface area contributed by atoms with E-state index in [1.807, 2.05) is 37.3 Å². The Labute approximate surface area is 537 Å². The maximum atomic E-state index is 14.7. The lowest BCUT2D eigenvalue weighted by Crippen LogP contribution is -2.63. The summed E-state index contributed by atoms with van der Waals surface area (Å²) in [6.07, 6.45) is 1.86. The zero-order valence-corrected chi connectivity index (χ0v) is 55.5. The molecule has 28 nitrogen and oxygen atoms in total. The van der Waals surface area contributed by atoms with Crippen LogP contribution >= 0.6 is 0 Å². The van der Waals surface area contributed by atoms with Crippen molar-refractivity contribution in [2.45, 2.75) is 238 Å². The second-order valence-corrected chi connectivity index (χ2v) is 24.1. The van der Waals surface area contributed by atoms with Crippen LogP contribution in [0.2, 0.25) is 0 Å². The summed E-state index contributed by atoms with van der Waals surface area (Å²) >= 11 is 0. The number of hydrogen-bond donors (Lipinski definition) is 15. The van der Waals surface area contributed by atoms with Crippen LogP contribution in [0.4, 0.5) is 0 Å². The number of carbonyl (C=O) groups is 12. The molecule has 1 saturated heterocycles. The van der Waals surface area contributed by atoms with Crippen molar-refractivity contribution in [3.05, 3.63) is 35.9 Å². The van der Waals surface area contributed by atoms with E-state index in [0.29, 0.717) is 64.2 Å². The summed E-state index contributed by atoms with van der Waals surface area (Å²) in [5.74, 6) is -11.4. The molecule has 19 N–H and O–H groups in total. The van der Waals surface area contributed by atoms with Crippen molar-refractivity contribution >= 4 is 70.9 Å². The Morgan fingerprint density at radius 2 is 0.978 bits per heavy atom. The molecule has 1 aliphatic rings. The van der Waals surface area contributed by atoms with E-state index in [4.69, 9.17) is 27.7 Å². The van der Waals surface area contributed by atoms with E-state index >= 15 is 0 Å². The normalized spacial score (nSPS) is 20.8. The highest BCUT2D eigenvalue weighted by atomic mass is 16.5. The number of rotatable bonds is 39. The standard InChI is InChI=1S/C63H109N15O13/c1-12-35(5)48(75-58(85)46(68-11)34-41-24-17-16-18-25-41)59(86)72-42(26-19-21-31-64)54(81)71-45(29-30-47(67)79)57(84)74-50(37(7)14-3)61(88)76-49(36(6)13-2)60(87)73-43(27-20-22-32-65)56(83)78-52-40(10)91-63(90)51(38(8)15-4)77-55(82)44(28-23-33-66)70-53(80)39(9)69-62(52)89/h16-18,24-25,35-40,42-46,48-52,68H,12-15,19-23,26-34,64-66H2,1-11H3,(H2,67,79)(H,69,89)(H,70,80)(H,71,81)(H,72,86)(H,73,87)(H,74,84)(H,75,85)(H,76,88)(H,77,82)(H,78,83)/t35-,36-,37-,38-,39-,40-,42-,43-,44-,45+,46+,48-,49-,50+,51-,52+/m0/s1. The van der Waals surface area contributed by atoms with Crippen molar-refractivity contribution in [3.63, 3.8) is 0 Å². The van der Waals surface area contributed by atoms with Crippen molar-refractivity contribution < 1.29 is 62.3 Å². The van der Waals surface area contributed by atoms with Crippen LogP contribution in [-0.2, 0) is 68.7 Å². The van der Waals surface area contributed by atoms with Crippen molar-refractivity contribution in [2.75, 3.05) is 26.7 Å². The summed E-state index contributed by atoms with van der Waals surface area (Å²) in [5.41, 5.74) is 23.8. The zero-order chi connectivity index (χ0) is 68.5. The number of nitrogens with one attached hydrogen (secondary N) is 11. The number of benzene rings is 1. The maximum absolute atomic E-state index is 14.7. The fourth-order valence-corrected chi connectivity index (χ4v) is 10.1. The molecule has 2 rings (SSSR count). The van der Waals surface area contributed by atoms with E-state index in [-0.39, 0.29) is 57.7 Å². The number of primary amides is 1. The van der Waals surface area contributed by atoms with Gasteiger partial charge in [0.2, 0.25) is 65.0 Å². The third-order valence-electron chi connectivity index (χ3n) is 17.0. The Hall–Kier alpha value is -7.30. The van der Waals surface area contributed by atoms with Gasteiger partial charge in [0, 0.05) is 6.42 Å². The van der Waals surface area contributed by atoms with Crippen molar-refractivity contribution in [3.8, 4) is 0 Å². The van der Waals surface area contributed by atoms with Crippen LogP contribution in [0.15, 0.2) is 30.3 Å². The van der Waals surface area contributed by atoms with E-state index in [1.165, 1.54) is 13.8 Å². The highest BCUT2D eigenvalue weighted by molar-refractivity contribution is 5.99. The van der Waals surface area contributed by atoms with E-state index in [2.05, 4.69) is 58.5 Å². The molecule has 1 aliphatic heterocycles. The minimum absolute atomic E-state index is 0.0214. The summed E-state index contributed by atoms with van der Waals surface area (Å²) in [6.45, 7) is 17.5. The van der Waals surface area contributed by atoms with E-state index < -0.39 is 161 Å². The minimum atomic E-state index is -1.66. The van der Waals surface area contributed by atoms with Crippen LogP contribution < -0.4 is 81.4 Å². The van der Waals surface area contributed by atoms with Gasteiger partial charge in [0.15, 0.2) is 0 Å². The predicted molar refractivity (Wildman–Crippen MR) is 344 cm³/mol. The number of ether oxygens (including phenoxy) is 1. The number of esters is 1. The molecule has 0 saturated carbocycles. The number of cyclic esters (lactones) is 1. The summed E-state index contributed by atoms with van der Waals surface area (Å²) < 4.78 is 5.82.